The third-order valence-corrected chi connectivity index (χ3v) is 4.67. The van der Waals surface area contributed by atoms with E-state index >= 15 is 0 Å². The predicted molar refractivity (Wildman–Crippen MR) is 90.6 cm³/mol. The second-order valence-electron chi connectivity index (χ2n) is 5.45. The number of halogens is 1. The zero-order chi connectivity index (χ0) is 16.7. The molecule has 0 atom stereocenters. The van der Waals surface area contributed by atoms with Gasteiger partial charge in [-0.05, 0) is 19.1 Å². The van der Waals surface area contributed by atoms with Gasteiger partial charge in [-0.1, -0.05) is 25.4 Å². The Morgan fingerprint density at radius 1 is 1.39 bits per heavy atom. The van der Waals surface area contributed by atoms with Gasteiger partial charge in [-0.2, -0.15) is 5.10 Å². The number of hydrogen-bond donors (Lipinski definition) is 0. The van der Waals surface area contributed by atoms with Crippen LogP contribution in [-0.4, -0.2) is 26.8 Å². The molecule has 3 aromatic heterocycles. The quantitative estimate of drug-likeness (QED) is 0.676. The minimum absolute atomic E-state index is 0.0702. The van der Waals surface area contributed by atoms with Crippen LogP contribution in [0.2, 0.25) is 4.34 Å². The SMILES string of the molecule is CCOC(=O)Cn1nc(C(C)C)n2c(cc3sc(Cl)cc32)c1=O. The molecule has 0 fully saturated rings. The van der Waals surface area contributed by atoms with E-state index in [1.165, 1.54) is 16.0 Å². The molecule has 0 spiro atoms. The first-order chi connectivity index (χ1) is 10.9. The molecule has 0 saturated carbocycles. The molecule has 0 unspecified atom stereocenters. The van der Waals surface area contributed by atoms with Crippen molar-refractivity contribution < 1.29 is 9.53 Å². The predicted octanol–water partition coefficient (Wildman–Crippen LogP) is 3.05. The van der Waals surface area contributed by atoms with E-state index in [4.69, 9.17) is 16.3 Å². The normalized spacial score (nSPS) is 11.7. The van der Waals surface area contributed by atoms with E-state index in [9.17, 15) is 9.59 Å². The number of carbonyl (C=O) groups excluding carboxylic acids is 1. The van der Waals surface area contributed by atoms with Crippen molar-refractivity contribution in [2.24, 2.45) is 0 Å². The maximum Gasteiger partial charge on any atom is 0.327 e. The maximum absolute atomic E-state index is 12.6. The molecule has 0 radical (unpaired) electrons. The van der Waals surface area contributed by atoms with Crippen LogP contribution in [0.15, 0.2) is 16.9 Å². The van der Waals surface area contributed by atoms with Crippen LogP contribution in [0.25, 0.3) is 15.7 Å². The summed E-state index contributed by atoms with van der Waals surface area (Å²) in [6.07, 6.45) is 0. The molecule has 3 heterocycles. The lowest BCUT2D eigenvalue weighted by atomic mass is 10.2. The van der Waals surface area contributed by atoms with Crippen molar-refractivity contribution in [1.82, 2.24) is 14.2 Å². The molecule has 0 saturated heterocycles. The second-order valence-corrected chi connectivity index (χ2v) is 7.16. The largest absolute Gasteiger partial charge is 0.465 e. The summed E-state index contributed by atoms with van der Waals surface area (Å²) in [5.74, 6) is 0.298. The zero-order valence-electron chi connectivity index (χ0n) is 13.0. The van der Waals surface area contributed by atoms with Gasteiger partial charge in [0.05, 0.1) is 21.2 Å². The molecule has 0 aliphatic carbocycles. The van der Waals surface area contributed by atoms with Crippen LogP contribution < -0.4 is 5.56 Å². The molecule has 0 aromatic carbocycles. The van der Waals surface area contributed by atoms with E-state index < -0.39 is 5.97 Å². The lowest BCUT2D eigenvalue weighted by molar-refractivity contribution is -0.144. The van der Waals surface area contributed by atoms with Gasteiger partial charge >= 0.3 is 5.97 Å². The standard InChI is InChI=1S/C15H16ClN3O3S/c1-4-22-13(20)7-18-15(21)10-5-11-9(6-12(16)23-11)19(10)14(17-18)8(2)3/h5-6,8H,4,7H2,1-3H3. The number of esters is 1. The highest BCUT2D eigenvalue weighted by molar-refractivity contribution is 7.22. The molecule has 3 rings (SSSR count). The van der Waals surface area contributed by atoms with Crippen LogP contribution in [0.3, 0.4) is 0 Å². The van der Waals surface area contributed by atoms with E-state index in [0.29, 0.717) is 15.7 Å². The van der Waals surface area contributed by atoms with Gasteiger partial charge in [0.15, 0.2) is 0 Å². The number of ether oxygens (including phenoxy) is 1. The van der Waals surface area contributed by atoms with Crippen molar-refractivity contribution in [2.45, 2.75) is 33.2 Å². The van der Waals surface area contributed by atoms with Gasteiger partial charge in [0.1, 0.15) is 17.9 Å². The molecule has 23 heavy (non-hydrogen) atoms. The van der Waals surface area contributed by atoms with Gasteiger partial charge in [-0.25, -0.2) is 4.68 Å². The minimum atomic E-state index is -0.474. The van der Waals surface area contributed by atoms with Crippen LogP contribution in [0.5, 0.6) is 0 Å². The summed E-state index contributed by atoms with van der Waals surface area (Å²) < 4.78 is 9.50. The van der Waals surface area contributed by atoms with Crippen molar-refractivity contribution in [3.63, 3.8) is 0 Å². The molecular formula is C15H16ClN3O3S. The van der Waals surface area contributed by atoms with Crippen molar-refractivity contribution in [1.29, 1.82) is 0 Å². The summed E-state index contributed by atoms with van der Waals surface area (Å²) in [5.41, 5.74) is 1.04. The minimum Gasteiger partial charge on any atom is -0.465 e. The van der Waals surface area contributed by atoms with Crippen molar-refractivity contribution >= 4 is 44.6 Å². The highest BCUT2D eigenvalue weighted by Crippen LogP contribution is 2.32. The molecule has 6 nitrogen and oxygen atoms in total. The zero-order valence-corrected chi connectivity index (χ0v) is 14.6. The Bertz CT molecular complexity index is 954. The Morgan fingerprint density at radius 3 is 2.78 bits per heavy atom. The summed E-state index contributed by atoms with van der Waals surface area (Å²) in [6, 6.07) is 3.63. The van der Waals surface area contributed by atoms with Crippen LogP contribution in [0, 0.1) is 0 Å². The highest BCUT2D eigenvalue weighted by atomic mass is 35.5. The van der Waals surface area contributed by atoms with Crippen molar-refractivity contribution in [3.05, 3.63) is 32.6 Å². The van der Waals surface area contributed by atoms with E-state index in [1.807, 2.05) is 24.3 Å². The van der Waals surface area contributed by atoms with Crippen LogP contribution in [-0.2, 0) is 16.1 Å². The average Bonchev–Trinajstić information content (AvgIpc) is 2.98. The number of carbonyl (C=O) groups is 1. The van der Waals surface area contributed by atoms with Gasteiger partial charge in [0.25, 0.3) is 5.56 Å². The van der Waals surface area contributed by atoms with Crippen molar-refractivity contribution in [3.8, 4) is 0 Å². The van der Waals surface area contributed by atoms with Gasteiger partial charge in [-0.15, -0.1) is 11.3 Å². The Labute approximate surface area is 141 Å². The average molecular weight is 354 g/mol. The fraction of sp³-hybridized carbons (Fsp3) is 0.400. The molecule has 3 aromatic rings. The highest BCUT2D eigenvalue weighted by Gasteiger charge is 2.19. The maximum atomic E-state index is 12.6. The third-order valence-electron chi connectivity index (χ3n) is 3.47. The van der Waals surface area contributed by atoms with Gasteiger partial charge in [-0.3, -0.25) is 14.0 Å². The van der Waals surface area contributed by atoms with Crippen LogP contribution in [0.4, 0.5) is 0 Å². The second kappa shape index (κ2) is 5.98. The number of thiophene rings is 1. The first-order valence-electron chi connectivity index (χ1n) is 7.29. The monoisotopic (exact) mass is 353 g/mol. The smallest absolute Gasteiger partial charge is 0.327 e. The Morgan fingerprint density at radius 2 is 2.13 bits per heavy atom. The molecule has 122 valence electrons. The lowest BCUT2D eigenvalue weighted by Crippen LogP contribution is -2.31. The first kappa shape index (κ1) is 16.0. The van der Waals surface area contributed by atoms with Crippen molar-refractivity contribution in [2.75, 3.05) is 6.61 Å². The van der Waals surface area contributed by atoms with E-state index in [0.717, 1.165) is 10.2 Å². The van der Waals surface area contributed by atoms with Gasteiger partial charge < -0.3 is 4.74 Å². The van der Waals surface area contributed by atoms with Crippen LogP contribution >= 0.6 is 22.9 Å². The first-order valence-corrected chi connectivity index (χ1v) is 8.49. The summed E-state index contributed by atoms with van der Waals surface area (Å²) in [6.45, 7) is 5.78. The fourth-order valence-corrected chi connectivity index (χ4v) is 3.68. The number of hydrogen-bond acceptors (Lipinski definition) is 5. The van der Waals surface area contributed by atoms with Gasteiger partial charge in [0, 0.05) is 5.92 Å². The molecule has 0 N–H and O–H groups in total. The van der Waals surface area contributed by atoms with E-state index in [1.54, 1.807) is 13.0 Å². The number of aromatic nitrogens is 3. The summed E-state index contributed by atoms with van der Waals surface area (Å²) in [5, 5.41) is 4.38. The summed E-state index contributed by atoms with van der Waals surface area (Å²) >= 11 is 7.48. The van der Waals surface area contributed by atoms with E-state index in [2.05, 4.69) is 5.10 Å². The molecule has 0 aliphatic heterocycles. The third kappa shape index (κ3) is 2.74. The van der Waals surface area contributed by atoms with E-state index in [-0.39, 0.29) is 24.6 Å². The summed E-state index contributed by atoms with van der Waals surface area (Å²) in [7, 11) is 0. The molecule has 0 aliphatic rings. The molecular weight excluding hydrogens is 338 g/mol. The Balaban J connectivity index is 2.26. The van der Waals surface area contributed by atoms with Gasteiger partial charge in [0.2, 0.25) is 0 Å². The number of rotatable bonds is 4. The fourth-order valence-electron chi connectivity index (χ4n) is 2.52. The number of fused-ring (bicyclic) bond motifs is 3. The molecule has 8 heteroatoms. The number of nitrogens with zero attached hydrogens (tertiary/aromatic N) is 3. The lowest BCUT2D eigenvalue weighted by Gasteiger charge is -2.12. The molecule has 0 amide bonds. The molecule has 0 bridgehead atoms. The Hall–Kier alpha value is -1.86. The topological polar surface area (TPSA) is 65.6 Å². The van der Waals surface area contributed by atoms with Crippen LogP contribution in [0.1, 0.15) is 32.5 Å². The summed E-state index contributed by atoms with van der Waals surface area (Å²) in [4.78, 5) is 24.3. The Kier molecular flexibility index (Phi) is 4.16.